The third kappa shape index (κ3) is 6.57. The highest BCUT2D eigenvalue weighted by atomic mass is 19.1. The Hall–Kier alpha value is -3.32. The van der Waals surface area contributed by atoms with Crippen LogP contribution in [0.2, 0.25) is 0 Å². The maximum Gasteiger partial charge on any atom is 0.175 e. The van der Waals surface area contributed by atoms with E-state index in [0.29, 0.717) is 16.8 Å². The van der Waals surface area contributed by atoms with Gasteiger partial charge in [-0.1, -0.05) is 65.7 Å². The van der Waals surface area contributed by atoms with Crippen LogP contribution in [0.15, 0.2) is 36.5 Å². The van der Waals surface area contributed by atoms with Gasteiger partial charge in [-0.2, -0.15) is 0 Å². The van der Waals surface area contributed by atoms with Crippen molar-refractivity contribution < 1.29 is 14.6 Å². The summed E-state index contributed by atoms with van der Waals surface area (Å²) in [5.74, 6) is 0.929. The normalized spacial score (nSPS) is 12.9. The van der Waals surface area contributed by atoms with Crippen molar-refractivity contribution in [2.45, 2.75) is 73.6 Å². The van der Waals surface area contributed by atoms with Gasteiger partial charge in [0.05, 0.1) is 5.39 Å². The molecule has 206 valence electrons. The third-order valence-corrected chi connectivity index (χ3v) is 6.37. The molecule has 1 saturated heterocycles. The average Bonchev–Trinajstić information content (AvgIpc) is 3.25. The number of aromatic nitrogens is 3. The van der Waals surface area contributed by atoms with Gasteiger partial charge in [0.1, 0.15) is 28.6 Å². The summed E-state index contributed by atoms with van der Waals surface area (Å²) in [6.45, 7) is 13.7. The zero-order valence-corrected chi connectivity index (χ0v) is 24.0. The van der Waals surface area contributed by atoms with Crippen molar-refractivity contribution in [1.82, 2.24) is 15.0 Å². The number of halogens is 1. The lowest BCUT2D eigenvalue weighted by atomic mass is 9.95. The first-order valence-electron chi connectivity index (χ1n) is 13.8. The van der Waals surface area contributed by atoms with Crippen molar-refractivity contribution in [1.29, 1.82) is 0 Å². The Morgan fingerprint density at radius 3 is 2.24 bits per heavy atom. The second kappa shape index (κ2) is 15.2. The SMILES string of the molecule is CC.CC.CCc1cccc2cc(O)cc(-c3ncc4c(N5CCCCCC5)nc(C)nc4c3F)c12.CO. The van der Waals surface area contributed by atoms with Crippen LogP contribution < -0.4 is 4.90 Å². The van der Waals surface area contributed by atoms with Crippen LogP contribution in [0.5, 0.6) is 5.75 Å². The standard InChI is InChI=1S/C26H27FN4O.2C2H6.CH4O/c1-3-17-9-8-10-18-13-19(32)14-20(22(17)18)24-23(27)25-21(15-28-24)26(30-16(2)29-25)31-11-6-4-5-7-12-31;3*1-2/h8-10,13-15,32H,3-7,11-12H2,1-2H3;2*1-2H3;2H,1H3. The van der Waals surface area contributed by atoms with Crippen LogP contribution in [0.3, 0.4) is 0 Å². The quantitative estimate of drug-likeness (QED) is 0.288. The van der Waals surface area contributed by atoms with Crippen LogP contribution in [-0.4, -0.2) is 45.4 Å². The van der Waals surface area contributed by atoms with E-state index in [1.54, 1.807) is 25.3 Å². The predicted molar refractivity (Wildman–Crippen MR) is 158 cm³/mol. The first kappa shape index (κ1) is 30.9. The highest BCUT2D eigenvalue weighted by Crippen LogP contribution is 2.38. The van der Waals surface area contributed by atoms with Gasteiger partial charge in [0.15, 0.2) is 5.82 Å². The summed E-state index contributed by atoms with van der Waals surface area (Å²) in [7, 11) is 1.00. The van der Waals surface area contributed by atoms with E-state index in [-0.39, 0.29) is 17.0 Å². The molecule has 0 unspecified atom stereocenters. The van der Waals surface area contributed by atoms with Crippen LogP contribution in [-0.2, 0) is 6.42 Å². The lowest BCUT2D eigenvalue weighted by Crippen LogP contribution is -2.25. The molecule has 4 aromatic rings. The molecule has 1 aliphatic heterocycles. The van der Waals surface area contributed by atoms with Crippen LogP contribution in [0.25, 0.3) is 32.9 Å². The molecule has 0 amide bonds. The summed E-state index contributed by atoms with van der Waals surface area (Å²) in [6.07, 6.45) is 7.11. The molecule has 0 saturated carbocycles. The van der Waals surface area contributed by atoms with Gasteiger partial charge in [0.25, 0.3) is 0 Å². The molecule has 1 aliphatic rings. The Kier molecular flexibility index (Phi) is 12.3. The molecule has 2 aromatic heterocycles. The predicted octanol–water partition coefficient (Wildman–Crippen LogP) is 7.60. The van der Waals surface area contributed by atoms with Gasteiger partial charge in [-0.15, -0.1) is 0 Å². The number of phenolic OH excluding ortho intramolecular Hbond substituents is 1. The number of benzene rings is 2. The summed E-state index contributed by atoms with van der Waals surface area (Å²) in [6, 6.07) is 9.23. The van der Waals surface area contributed by atoms with Gasteiger partial charge < -0.3 is 15.1 Å². The Balaban J connectivity index is 0.000000791. The van der Waals surface area contributed by atoms with Crippen LogP contribution in [0.4, 0.5) is 10.2 Å². The third-order valence-electron chi connectivity index (χ3n) is 6.37. The zero-order valence-electron chi connectivity index (χ0n) is 24.0. The molecule has 1 fully saturated rings. The van der Waals surface area contributed by atoms with Crippen LogP contribution >= 0.6 is 0 Å². The fourth-order valence-corrected chi connectivity index (χ4v) is 4.83. The lowest BCUT2D eigenvalue weighted by Gasteiger charge is -2.23. The van der Waals surface area contributed by atoms with Gasteiger partial charge in [-0.25, -0.2) is 14.4 Å². The fraction of sp³-hybridized carbons (Fsp3) is 0.452. The second-order valence-electron chi connectivity index (χ2n) is 8.54. The summed E-state index contributed by atoms with van der Waals surface area (Å²) in [4.78, 5) is 15.9. The van der Waals surface area contributed by atoms with Crippen molar-refractivity contribution in [3.8, 4) is 17.0 Å². The topological polar surface area (TPSA) is 82.4 Å². The van der Waals surface area contributed by atoms with E-state index >= 15 is 4.39 Å². The van der Waals surface area contributed by atoms with Gasteiger partial charge >= 0.3 is 0 Å². The summed E-state index contributed by atoms with van der Waals surface area (Å²) in [5.41, 5.74) is 2.17. The molecule has 0 aliphatic carbocycles. The Labute approximate surface area is 226 Å². The number of anilines is 1. The number of aliphatic hydroxyl groups excluding tert-OH is 1. The number of hydrogen-bond acceptors (Lipinski definition) is 6. The minimum atomic E-state index is -0.470. The Morgan fingerprint density at radius 1 is 0.947 bits per heavy atom. The van der Waals surface area contributed by atoms with E-state index in [9.17, 15) is 5.11 Å². The highest BCUT2D eigenvalue weighted by Gasteiger charge is 2.22. The van der Waals surface area contributed by atoms with Gasteiger partial charge in [0, 0.05) is 32.0 Å². The van der Waals surface area contributed by atoms with Gasteiger partial charge in [-0.05, 0) is 54.7 Å². The molecule has 0 spiro atoms. The molecule has 3 heterocycles. The number of aliphatic hydroxyl groups is 1. The molecular formula is C31H43FN4O2. The number of aromatic hydroxyl groups is 1. The van der Waals surface area contributed by atoms with Crippen molar-refractivity contribution in [3.63, 3.8) is 0 Å². The Morgan fingerprint density at radius 2 is 1.61 bits per heavy atom. The van der Waals surface area contributed by atoms with Gasteiger partial charge in [0.2, 0.25) is 0 Å². The number of pyridine rings is 1. The zero-order chi connectivity index (χ0) is 28.2. The number of rotatable bonds is 3. The number of fused-ring (bicyclic) bond motifs is 2. The molecule has 5 rings (SSSR count). The molecule has 0 atom stereocenters. The minimum Gasteiger partial charge on any atom is -0.508 e. The summed E-state index contributed by atoms with van der Waals surface area (Å²) in [5, 5.41) is 19.8. The molecule has 0 radical (unpaired) electrons. The largest absolute Gasteiger partial charge is 0.508 e. The second-order valence-corrected chi connectivity index (χ2v) is 8.54. The van der Waals surface area contributed by atoms with Crippen molar-refractivity contribution in [2.75, 3.05) is 25.1 Å². The monoisotopic (exact) mass is 522 g/mol. The van der Waals surface area contributed by atoms with Crippen molar-refractivity contribution in [2.24, 2.45) is 0 Å². The first-order valence-corrected chi connectivity index (χ1v) is 13.8. The number of phenols is 1. The molecule has 2 N–H and O–H groups in total. The first-order chi connectivity index (χ1) is 18.6. The van der Waals surface area contributed by atoms with Crippen LogP contribution in [0, 0.1) is 12.7 Å². The van der Waals surface area contributed by atoms with E-state index < -0.39 is 5.82 Å². The van der Waals surface area contributed by atoms with E-state index in [2.05, 4.69) is 26.8 Å². The summed E-state index contributed by atoms with van der Waals surface area (Å²) >= 11 is 0. The van der Waals surface area contributed by atoms with Crippen molar-refractivity contribution in [3.05, 3.63) is 53.7 Å². The fourth-order valence-electron chi connectivity index (χ4n) is 4.83. The Bertz CT molecular complexity index is 1320. The molecular weight excluding hydrogens is 479 g/mol. The van der Waals surface area contributed by atoms with E-state index in [1.165, 1.54) is 12.8 Å². The number of nitrogens with zero attached hydrogens (tertiary/aromatic N) is 4. The highest BCUT2D eigenvalue weighted by molar-refractivity contribution is 6.01. The summed E-state index contributed by atoms with van der Waals surface area (Å²) < 4.78 is 16.0. The van der Waals surface area contributed by atoms with E-state index in [1.807, 2.05) is 45.9 Å². The number of aryl methyl sites for hydroxylation is 2. The molecule has 38 heavy (non-hydrogen) atoms. The maximum atomic E-state index is 16.0. The maximum absolute atomic E-state index is 16.0. The van der Waals surface area contributed by atoms with Crippen molar-refractivity contribution >= 4 is 27.5 Å². The van der Waals surface area contributed by atoms with Gasteiger partial charge in [-0.3, -0.25) is 4.98 Å². The molecule has 6 nitrogen and oxygen atoms in total. The minimum absolute atomic E-state index is 0.0890. The van der Waals surface area contributed by atoms with E-state index in [4.69, 9.17) is 5.11 Å². The van der Waals surface area contributed by atoms with Crippen LogP contribution in [0.1, 0.15) is 71.7 Å². The average molecular weight is 523 g/mol. The molecule has 2 aromatic carbocycles. The lowest BCUT2D eigenvalue weighted by molar-refractivity contribution is 0.399. The smallest absolute Gasteiger partial charge is 0.175 e. The number of hydrogen-bond donors (Lipinski definition) is 2. The molecule has 0 bridgehead atoms. The van der Waals surface area contributed by atoms with E-state index in [0.717, 1.165) is 61.6 Å². The molecule has 7 heteroatoms.